The molecule has 1 heterocycles. The van der Waals surface area contributed by atoms with E-state index < -0.39 is 34.2 Å². The standard InChI is InChI=1S/C29H32N2O7S/c1-18-4-6-21(30-27(34)29(10-11-29)20-5-9-25-26(13-20)38-17-37-25)14-24(18)23-8-7-22(12-19(23)2)39(35,36)31-28(3,15-32)16-33/h4-9,12-14,31-33H,10-11,15-17H2,1-3H3,(H,30,34). The van der Waals surface area contributed by atoms with Gasteiger partial charge in [0.1, 0.15) is 0 Å². The van der Waals surface area contributed by atoms with Crippen molar-refractivity contribution in [1.82, 2.24) is 4.72 Å². The lowest BCUT2D eigenvalue weighted by Crippen LogP contribution is -2.51. The van der Waals surface area contributed by atoms with E-state index in [4.69, 9.17) is 9.47 Å². The molecular weight excluding hydrogens is 520 g/mol. The van der Waals surface area contributed by atoms with E-state index >= 15 is 0 Å². The van der Waals surface area contributed by atoms with Gasteiger partial charge in [-0.2, -0.15) is 0 Å². The van der Waals surface area contributed by atoms with E-state index in [2.05, 4.69) is 10.0 Å². The summed E-state index contributed by atoms with van der Waals surface area (Å²) in [5.74, 6) is 1.24. The monoisotopic (exact) mass is 552 g/mol. The molecule has 3 aromatic rings. The molecule has 1 amide bonds. The Bertz CT molecular complexity index is 1540. The van der Waals surface area contributed by atoms with Crippen LogP contribution in [0.4, 0.5) is 5.69 Å². The zero-order valence-corrected chi connectivity index (χ0v) is 22.9. The topological polar surface area (TPSA) is 134 Å². The molecule has 0 radical (unpaired) electrons. The smallest absolute Gasteiger partial charge is 0.241 e. The molecule has 0 atom stereocenters. The number of carbonyl (C=O) groups is 1. The first-order valence-electron chi connectivity index (χ1n) is 12.7. The van der Waals surface area contributed by atoms with Crippen molar-refractivity contribution in [3.05, 3.63) is 71.3 Å². The predicted molar refractivity (Wildman–Crippen MR) is 146 cm³/mol. The molecule has 1 fully saturated rings. The number of ether oxygens (including phenoxy) is 2. The average Bonchev–Trinajstić information content (AvgIpc) is 3.60. The van der Waals surface area contributed by atoms with Gasteiger partial charge in [0.25, 0.3) is 0 Å². The van der Waals surface area contributed by atoms with Gasteiger partial charge in [-0.1, -0.05) is 18.2 Å². The Morgan fingerprint density at radius 3 is 2.31 bits per heavy atom. The van der Waals surface area contributed by atoms with E-state index in [-0.39, 0.29) is 17.6 Å². The highest BCUT2D eigenvalue weighted by Crippen LogP contribution is 2.51. The van der Waals surface area contributed by atoms with E-state index in [1.165, 1.54) is 13.0 Å². The number of fused-ring (bicyclic) bond motifs is 1. The highest BCUT2D eigenvalue weighted by atomic mass is 32.2. The number of sulfonamides is 1. The number of amides is 1. The number of aryl methyl sites for hydroxylation is 2. The van der Waals surface area contributed by atoms with Gasteiger partial charge in [-0.15, -0.1) is 0 Å². The quantitative estimate of drug-likeness (QED) is 0.320. The van der Waals surface area contributed by atoms with E-state index in [1.54, 1.807) is 12.1 Å². The zero-order chi connectivity index (χ0) is 28.0. The van der Waals surface area contributed by atoms with Gasteiger partial charge >= 0.3 is 0 Å². The Hall–Kier alpha value is -3.44. The molecule has 4 N–H and O–H groups in total. The van der Waals surface area contributed by atoms with Gasteiger partial charge < -0.3 is 25.0 Å². The van der Waals surface area contributed by atoms with Crippen LogP contribution in [0.1, 0.15) is 36.5 Å². The number of nitrogens with one attached hydrogen (secondary N) is 2. The summed E-state index contributed by atoms with van der Waals surface area (Å²) in [5, 5.41) is 22.1. The Kier molecular flexibility index (Phi) is 6.92. The first-order chi connectivity index (χ1) is 18.5. The fraction of sp³-hybridized carbons (Fsp3) is 0.345. The van der Waals surface area contributed by atoms with E-state index in [1.807, 2.05) is 50.2 Å². The second-order valence-corrected chi connectivity index (χ2v) is 12.3. The molecule has 2 aliphatic rings. The molecule has 1 saturated carbocycles. The Morgan fingerprint density at radius 1 is 0.923 bits per heavy atom. The number of benzene rings is 3. The molecule has 3 aromatic carbocycles. The number of aliphatic hydroxyl groups is 2. The van der Waals surface area contributed by atoms with Crippen LogP contribution in [0.3, 0.4) is 0 Å². The van der Waals surface area contributed by atoms with Crippen LogP contribution in [-0.2, 0) is 20.2 Å². The fourth-order valence-corrected chi connectivity index (χ4v) is 6.28. The van der Waals surface area contributed by atoms with Crippen molar-refractivity contribution >= 4 is 21.6 Å². The maximum atomic E-state index is 13.4. The van der Waals surface area contributed by atoms with Crippen LogP contribution in [0.15, 0.2) is 59.5 Å². The highest BCUT2D eigenvalue weighted by Gasteiger charge is 2.51. The molecule has 1 aliphatic heterocycles. The number of anilines is 1. The normalized spacial score (nSPS) is 15.7. The van der Waals surface area contributed by atoms with Gasteiger partial charge in [-0.05, 0) is 97.8 Å². The lowest BCUT2D eigenvalue weighted by atomic mass is 9.93. The molecule has 0 spiro atoms. The van der Waals surface area contributed by atoms with Crippen molar-refractivity contribution in [2.75, 3.05) is 25.3 Å². The fourth-order valence-electron chi connectivity index (χ4n) is 4.81. The molecule has 10 heteroatoms. The van der Waals surface area contributed by atoms with Crippen molar-refractivity contribution in [2.45, 2.75) is 49.5 Å². The molecule has 0 bridgehead atoms. The van der Waals surface area contributed by atoms with Crippen LogP contribution in [0.5, 0.6) is 11.5 Å². The molecule has 39 heavy (non-hydrogen) atoms. The third kappa shape index (κ3) is 5.12. The second kappa shape index (κ2) is 9.95. The van der Waals surface area contributed by atoms with Gasteiger partial charge in [-0.25, -0.2) is 13.1 Å². The minimum Gasteiger partial charge on any atom is -0.454 e. The lowest BCUT2D eigenvalue weighted by Gasteiger charge is -2.26. The number of rotatable bonds is 9. The molecule has 206 valence electrons. The summed E-state index contributed by atoms with van der Waals surface area (Å²) in [6, 6.07) is 16.1. The third-order valence-electron chi connectivity index (χ3n) is 7.48. The summed E-state index contributed by atoms with van der Waals surface area (Å²) in [5.41, 5.74) is 2.94. The lowest BCUT2D eigenvalue weighted by molar-refractivity contribution is -0.118. The number of aliphatic hydroxyl groups excluding tert-OH is 2. The van der Waals surface area contributed by atoms with Crippen LogP contribution in [0.25, 0.3) is 11.1 Å². The van der Waals surface area contributed by atoms with Crippen molar-refractivity contribution in [3.8, 4) is 22.6 Å². The predicted octanol–water partition coefficient (Wildman–Crippen LogP) is 3.39. The number of carbonyl (C=O) groups excluding carboxylic acids is 1. The summed E-state index contributed by atoms with van der Waals surface area (Å²) in [6.45, 7) is 4.27. The molecule has 0 saturated heterocycles. The van der Waals surface area contributed by atoms with Gasteiger partial charge in [0, 0.05) is 5.69 Å². The van der Waals surface area contributed by atoms with Crippen LogP contribution >= 0.6 is 0 Å². The summed E-state index contributed by atoms with van der Waals surface area (Å²) in [6.07, 6.45) is 1.48. The van der Waals surface area contributed by atoms with Gasteiger partial charge in [-0.3, -0.25) is 4.79 Å². The summed E-state index contributed by atoms with van der Waals surface area (Å²) < 4.78 is 39.0. The minimum absolute atomic E-state index is 0.0263. The van der Waals surface area contributed by atoms with Crippen molar-refractivity contribution in [3.63, 3.8) is 0 Å². The number of hydrogen-bond acceptors (Lipinski definition) is 7. The zero-order valence-electron chi connectivity index (χ0n) is 22.1. The minimum atomic E-state index is -3.98. The molecule has 9 nitrogen and oxygen atoms in total. The Balaban J connectivity index is 1.39. The summed E-state index contributed by atoms with van der Waals surface area (Å²) in [7, 11) is -3.98. The highest BCUT2D eigenvalue weighted by molar-refractivity contribution is 7.89. The average molecular weight is 553 g/mol. The van der Waals surface area contributed by atoms with Gasteiger partial charge in [0.2, 0.25) is 22.7 Å². The largest absolute Gasteiger partial charge is 0.454 e. The summed E-state index contributed by atoms with van der Waals surface area (Å²) >= 11 is 0. The van der Waals surface area contributed by atoms with E-state index in [0.717, 1.165) is 40.7 Å². The second-order valence-electron chi connectivity index (χ2n) is 10.6. The van der Waals surface area contributed by atoms with Crippen LogP contribution in [0.2, 0.25) is 0 Å². The molecule has 0 unspecified atom stereocenters. The van der Waals surface area contributed by atoms with Gasteiger partial charge in [0.15, 0.2) is 11.5 Å². The number of hydrogen-bond donors (Lipinski definition) is 4. The first-order valence-corrected chi connectivity index (χ1v) is 14.2. The molecule has 0 aromatic heterocycles. The van der Waals surface area contributed by atoms with E-state index in [9.17, 15) is 23.4 Å². The maximum Gasteiger partial charge on any atom is 0.241 e. The first kappa shape index (κ1) is 27.1. The van der Waals surface area contributed by atoms with Crippen molar-refractivity contribution in [2.24, 2.45) is 0 Å². The summed E-state index contributed by atoms with van der Waals surface area (Å²) in [4.78, 5) is 13.4. The van der Waals surface area contributed by atoms with Crippen LogP contribution < -0.4 is 19.5 Å². The Labute approximate surface area is 227 Å². The van der Waals surface area contributed by atoms with Crippen molar-refractivity contribution in [1.29, 1.82) is 0 Å². The van der Waals surface area contributed by atoms with Crippen LogP contribution in [-0.4, -0.2) is 50.1 Å². The molecule has 5 rings (SSSR count). The Morgan fingerprint density at radius 2 is 1.64 bits per heavy atom. The molecular formula is C29H32N2O7S. The van der Waals surface area contributed by atoms with Gasteiger partial charge in [0.05, 0.1) is 29.1 Å². The molecule has 1 aliphatic carbocycles. The van der Waals surface area contributed by atoms with Crippen LogP contribution in [0, 0.1) is 13.8 Å². The maximum absolute atomic E-state index is 13.4. The SMILES string of the molecule is Cc1cc(S(=O)(=O)NC(C)(CO)CO)ccc1-c1cc(NC(=O)C2(c3ccc4c(c3)OCO4)CC2)ccc1C. The third-order valence-corrected chi connectivity index (χ3v) is 9.12. The van der Waals surface area contributed by atoms with Crippen molar-refractivity contribution < 1.29 is 32.9 Å². The van der Waals surface area contributed by atoms with E-state index in [0.29, 0.717) is 17.2 Å².